The molecule has 8 nitrogen and oxygen atoms in total. The molecule has 8 heteroatoms. The molecule has 0 atom stereocenters. The number of methoxy groups -OCH3 is 1. The first-order valence-electron chi connectivity index (χ1n) is 11.0. The average Bonchev–Trinajstić information content (AvgIpc) is 3.31. The van der Waals surface area contributed by atoms with Crippen molar-refractivity contribution in [3.8, 4) is 17.3 Å². The zero-order valence-electron chi connectivity index (χ0n) is 19.4. The summed E-state index contributed by atoms with van der Waals surface area (Å²) in [5.74, 6) is -0.992. The van der Waals surface area contributed by atoms with Crippen molar-refractivity contribution in [2.24, 2.45) is 0 Å². The maximum absolute atomic E-state index is 13.8. The second kappa shape index (κ2) is 8.57. The number of aromatic nitrogens is 3. The number of para-hydroxylation sites is 1. The highest BCUT2D eigenvalue weighted by Gasteiger charge is 2.47. The first kappa shape index (κ1) is 22.1. The standard InChI is InChI=1S/C27H22N4O4/c1-17-13-15-29(16-14-17)24-23(22-18(2)28-31(26(22)33)20-7-5-4-6-8-20)25(32)30(27(24)34)19-9-11-21(35-3)12-10-19/h4-16H,1-3H3. The molecule has 1 aliphatic heterocycles. The van der Waals surface area contributed by atoms with Crippen molar-refractivity contribution >= 4 is 28.8 Å². The van der Waals surface area contributed by atoms with Gasteiger partial charge in [0.15, 0.2) is 12.4 Å². The SMILES string of the molecule is COc1ccc(N2C(=O)C(c3c(C)nn(-c4ccccc4)c3[O-])=C([n+]3ccc(C)cc3)C2=O)cc1. The monoisotopic (exact) mass is 466 g/mol. The molecule has 0 spiro atoms. The van der Waals surface area contributed by atoms with Crippen molar-refractivity contribution < 1.29 is 24.0 Å². The molecule has 0 fully saturated rings. The number of hydrogen-bond donors (Lipinski definition) is 0. The number of ether oxygens (including phenoxy) is 1. The molecule has 0 N–H and O–H groups in total. The van der Waals surface area contributed by atoms with Crippen molar-refractivity contribution in [3.05, 3.63) is 95.9 Å². The van der Waals surface area contributed by atoms with Crippen LogP contribution in [0.4, 0.5) is 5.69 Å². The number of nitrogens with zero attached hydrogens (tertiary/aromatic N) is 4. The van der Waals surface area contributed by atoms with Crippen molar-refractivity contribution in [2.75, 3.05) is 12.0 Å². The van der Waals surface area contributed by atoms with Crippen molar-refractivity contribution in [3.63, 3.8) is 0 Å². The Bertz CT molecular complexity index is 1470. The van der Waals surface area contributed by atoms with E-state index in [2.05, 4.69) is 5.10 Å². The second-order valence-corrected chi connectivity index (χ2v) is 8.16. The van der Waals surface area contributed by atoms with E-state index in [1.807, 2.05) is 25.1 Å². The molecule has 2 aromatic carbocycles. The Labute approximate surface area is 201 Å². The Balaban J connectivity index is 1.72. The lowest BCUT2D eigenvalue weighted by Gasteiger charge is -2.16. The molecule has 0 saturated carbocycles. The van der Waals surface area contributed by atoms with Gasteiger partial charge in [-0.2, -0.15) is 9.67 Å². The predicted octanol–water partition coefficient (Wildman–Crippen LogP) is 2.80. The van der Waals surface area contributed by atoms with Gasteiger partial charge in [0.2, 0.25) is 0 Å². The predicted molar refractivity (Wildman–Crippen MR) is 128 cm³/mol. The van der Waals surface area contributed by atoms with E-state index in [-0.39, 0.29) is 16.8 Å². The van der Waals surface area contributed by atoms with Crippen LogP contribution in [0.1, 0.15) is 16.8 Å². The molecule has 2 amide bonds. The zero-order valence-corrected chi connectivity index (χ0v) is 19.4. The van der Waals surface area contributed by atoms with Crippen LogP contribution in [0, 0.1) is 13.8 Å². The van der Waals surface area contributed by atoms with Gasteiger partial charge in [0.25, 0.3) is 11.6 Å². The largest absolute Gasteiger partial charge is 0.858 e. The fourth-order valence-corrected chi connectivity index (χ4v) is 4.14. The summed E-state index contributed by atoms with van der Waals surface area (Å²) < 4.78 is 8.03. The van der Waals surface area contributed by atoms with Gasteiger partial charge in [-0.3, -0.25) is 9.59 Å². The van der Waals surface area contributed by atoms with E-state index in [0.29, 0.717) is 22.8 Å². The van der Waals surface area contributed by atoms with Crippen LogP contribution in [0.5, 0.6) is 11.6 Å². The number of carbonyl (C=O) groups is 2. The van der Waals surface area contributed by atoms with Gasteiger partial charge in [-0.05, 0) is 61.7 Å². The third-order valence-electron chi connectivity index (χ3n) is 5.91. The Morgan fingerprint density at radius 3 is 2.14 bits per heavy atom. The molecule has 0 bridgehead atoms. The van der Waals surface area contributed by atoms with Gasteiger partial charge in [-0.25, -0.2) is 9.58 Å². The van der Waals surface area contributed by atoms with Gasteiger partial charge < -0.3 is 9.84 Å². The van der Waals surface area contributed by atoms with E-state index in [9.17, 15) is 14.7 Å². The summed E-state index contributed by atoms with van der Waals surface area (Å²) >= 11 is 0. The van der Waals surface area contributed by atoms with E-state index >= 15 is 0 Å². The van der Waals surface area contributed by atoms with Gasteiger partial charge in [0.1, 0.15) is 11.3 Å². The van der Waals surface area contributed by atoms with Gasteiger partial charge in [-0.15, -0.1) is 0 Å². The maximum atomic E-state index is 13.8. The summed E-state index contributed by atoms with van der Waals surface area (Å²) in [7, 11) is 1.54. The Morgan fingerprint density at radius 1 is 0.857 bits per heavy atom. The summed E-state index contributed by atoms with van der Waals surface area (Å²) in [6.45, 7) is 3.59. The number of pyridine rings is 1. The van der Waals surface area contributed by atoms with Crippen molar-refractivity contribution in [1.29, 1.82) is 0 Å². The fourth-order valence-electron chi connectivity index (χ4n) is 4.14. The van der Waals surface area contributed by atoms with E-state index in [4.69, 9.17) is 4.74 Å². The summed E-state index contributed by atoms with van der Waals surface area (Å²) in [5.41, 5.74) is 2.51. The number of amides is 2. The van der Waals surface area contributed by atoms with Crippen LogP contribution in [0.3, 0.4) is 0 Å². The lowest BCUT2D eigenvalue weighted by Crippen LogP contribution is -2.39. The van der Waals surface area contributed by atoms with E-state index in [0.717, 1.165) is 10.5 Å². The highest BCUT2D eigenvalue weighted by molar-refractivity contribution is 6.53. The first-order valence-corrected chi connectivity index (χ1v) is 11.0. The zero-order chi connectivity index (χ0) is 24.7. The van der Waals surface area contributed by atoms with Crippen LogP contribution in [-0.4, -0.2) is 28.7 Å². The van der Waals surface area contributed by atoms with E-state index in [1.165, 1.54) is 11.8 Å². The number of anilines is 1. The quantitative estimate of drug-likeness (QED) is 0.333. The number of benzene rings is 2. The molecule has 0 radical (unpaired) electrons. The number of hydrogen-bond acceptors (Lipinski definition) is 5. The van der Waals surface area contributed by atoms with Crippen LogP contribution < -0.4 is 19.3 Å². The highest BCUT2D eigenvalue weighted by Crippen LogP contribution is 2.38. The van der Waals surface area contributed by atoms with Crippen LogP contribution in [0.25, 0.3) is 17.0 Å². The topological polar surface area (TPSA) is 91.4 Å². The lowest BCUT2D eigenvalue weighted by molar-refractivity contribution is -0.576. The second-order valence-electron chi connectivity index (χ2n) is 8.16. The average molecular weight is 466 g/mol. The third-order valence-corrected chi connectivity index (χ3v) is 5.91. The van der Waals surface area contributed by atoms with Crippen molar-refractivity contribution in [2.45, 2.75) is 13.8 Å². The number of imide groups is 1. The van der Waals surface area contributed by atoms with Gasteiger partial charge in [0.05, 0.1) is 24.2 Å². The highest BCUT2D eigenvalue weighted by atomic mass is 16.5. The molecule has 0 aliphatic carbocycles. The summed E-state index contributed by atoms with van der Waals surface area (Å²) in [4.78, 5) is 28.6. The molecule has 5 rings (SSSR count). The van der Waals surface area contributed by atoms with Gasteiger partial charge >= 0.3 is 5.91 Å². The molecule has 0 unspecified atom stereocenters. The van der Waals surface area contributed by atoms with Crippen LogP contribution in [0.2, 0.25) is 0 Å². The molecule has 35 heavy (non-hydrogen) atoms. The van der Waals surface area contributed by atoms with Gasteiger partial charge in [0, 0.05) is 17.7 Å². The number of rotatable bonds is 5. The molecular formula is C27H22N4O4. The van der Waals surface area contributed by atoms with E-state index < -0.39 is 17.7 Å². The Kier molecular flexibility index (Phi) is 5.41. The van der Waals surface area contributed by atoms with E-state index in [1.54, 1.807) is 72.4 Å². The molecule has 3 heterocycles. The Morgan fingerprint density at radius 2 is 1.51 bits per heavy atom. The summed E-state index contributed by atoms with van der Waals surface area (Å²) in [5, 5.41) is 18.0. The Hall–Kier alpha value is -4.72. The molecule has 2 aromatic heterocycles. The number of aryl methyl sites for hydroxylation is 2. The van der Waals surface area contributed by atoms with Crippen LogP contribution in [-0.2, 0) is 9.59 Å². The maximum Gasteiger partial charge on any atom is 0.331 e. The molecule has 1 aliphatic rings. The minimum absolute atomic E-state index is 0.0179. The first-order chi connectivity index (χ1) is 16.9. The fraction of sp³-hybridized carbons (Fsp3) is 0.111. The minimum atomic E-state index is -0.587. The third kappa shape index (κ3) is 3.65. The minimum Gasteiger partial charge on any atom is -0.858 e. The summed E-state index contributed by atoms with van der Waals surface area (Å²) in [6.07, 6.45) is 3.41. The molecule has 0 saturated heterocycles. The molecular weight excluding hydrogens is 444 g/mol. The summed E-state index contributed by atoms with van der Waals surface area (Å²) in [6, 6.07) is 19.2. The molecule has 4 aromatic rings. The van der Waals surface area contributed by atoms with Crippen LogP contribution >= 0.6 is 0 Å². The normalized spacial score (nSPS) is 13.6. The van der Waals surface area contributed by atoms with Crippen LogP contribution in [0.15, 0.2) is 79.1 Å². The van der Waals surface area contributed by atoms with Gasteiger partial charge in [-0.1, -0.05) is 18.2 Å². The smallest absolute Gasteiger partial charge is 0.331 e. The molecule has 174 valence electrons. The lowest BCUT2D eigenvalue weighted by atomic mass is 10.0. The number of carbonyl (C=O) groups excluding carboxylic acids is 2. The van der Waals surface area contributed by atoms with Crippen molar-refractivity contribution in [1.82, 2.24) is 9.78 Å².